The Bertz CT molecular complexity index is 474. The molecule has 1 saturated carbocycles. The molecule has 1 fully saturated rings. The van der Waals surface area contributed by atoms with Gasteiger partial charge in [0.05, 0.1) is 11.8 Å². The molecule has 0 aromatic rings. The van der Waals surface area contributed by atoms with Crippen LogP contribution in [-0.2, 0) is 14.3 Å². The Kier molecular flexibility index (Phi) is 15.8. The van der Waals surface area contributed by atoms with E-state index < -0.39 is 5.97 Å². The monoisotopic (exact) mass is 438 g/mol. The average Bonchev–Trinajstić information content (AvgIpc) is 2.74. The standard InChI is InChI=1S/C27H50O4/c1-4-5-12-19-25(20-14-11-9-7-6-8-10-13-16-22(2)3)31-27(30)24-18-15-17-23(21-24)26(28)29/h22-25H,4-21H2,1-3H3,(H,28,29). The van der Waals surface area contributed by atoms with Crippen molar-refractivity contribution in [1.82, 2.24) is 0 Å². The Balaban J connectivity index is 2.25. The molecule has 0 amide bonds. The molecule has 1 aliphatic carbocycles. The van der Waals surface area contributed by atoms with E-state index in [1.54, 1.807) is 0 Å². The van der Waals surface area contributed by atoms with Crippen LogP contribution in [0.5, 0.6) is 0 Å². The van der Waals surface area contributed by atoms with Crippen LogP contribution < -0.4 is 0 Å². The third-order valence-electron chi connectivity index (χ3n) is 6.83. The van der Waals surface area contributed by atoms with Gasteiger partial charge in [0.15, 0.2) is 0 Å². The maximum Gasteiger partial charge on any atom is 0.309 e. The zero-order chi connectivity index (χ0) is 22.9. The van der Waals surface area contributed by atoms with Gasteiger partial charge < -0.3 is 9.84 Å². The molecule has 0 saturated heterocycles. The predicted molar refractivity (Wildman–Crippen MR) is 128 cm³/mol. The number of hydrogen-bond acceptors (Lipinski definition) is 3. The van der Waals surface area contributed by atoms with E-state index in [1.165, 1.54) is 64.2 Å². The average molecular weight is 439 g/mol. The molecule has 4 nitrogen and oxygen atoms in total. The second-order valence-corrected chi connectivity index (χ2v) is 10.3. The Labute approximate surface area is 191 Å². The van der Waals surface area contributed by atoms with Crippen molar-refractivity contribution in [2.75, 3.05) is 0 Å². The van der Waals surface area contributed by atoms with Crippen molar-refractivity contribution >= 4 is 11.9 Å². The van der Waals surface area contributed by atoms with Gasteiger partial charge in [-0.15, -0.1) is 0 Å². The summed E-state index contributed by atoms with van der Waals surface area (Å²) in [5.41, 5.74) is 0. The molecule has 3 atom stereocenters. The highest BCUT2D eigenvalue weighted by molar-refractivity contribution is 5.75. The van der Waals surface area contributed by atoms with Crippen molar-refractivity contribution in [3.8, 4) is 0 Å². The van der Waals surface area contributed by atoms with Crippen LogP contribution in [0.2, 0.25) is 0 Å². The van der Waals surface area contributed by atoms with Crippen LogP contribution in [0.1, 0.15) is 136 Å². The van der Waals surface area contributed by atoms with E-state index in [-0.39, 0.29) is 23.9 Å². The lowest BCUT2D eigenvalue weighted by Crippen LogP contribution is -2.31. The Morgan fingerprint density at radius 2 is 1.32 bits per heavy atom. The second-order valence-electron chi connectivity index (χ2n) is 10.3. The fourth-order valence-corrected chi connectivity index (χ4v) is 4.76. The number of carboxylic acids is 1. The molecule has 0 radical (unpaired) electrons. The first-order valence-corrected chi connectivity index (χ1v) is 13.4. The summed E-state index contributed by atoms with van der Waals surface area (Å²) in [7, 11) is 0. The Morgan fingerprint density at radius 3 is 1.87 bits per heavy atom. The molecule has 1 aliphatic rings. The molecule has 0 heterocycles. The zero-order valence-electron chi connectivity index (χ0n) is 20.7. The van der Waals surface area contributed by atoms with Gasteiger partial charge in [-0.2, -0.15) is 0 Å². The lowest BCUT2D eigenvalue weighted by Gasteiger charge is -2.27. The van der Waals surface area contributed by atoms with Crippen molar-refractivity contribution in [2.45, 2.75) is 142 Å². The number of unbranched alkanes of at least 4 members (excludes halogenated alkanes) is 9. The smallest absolute Gasteiger partial charge is 0.309 e. The summed E-state index contributed by atoms with van der Waals surface area (Å²) in [6.45, 7) is 6.79. The molecule has 3 unspecified atom stereocenters. The maximum atomic E-state index is 12.7. The number of aliphatic carboxylic acids is 1. The van der Waals surface area contributed by atoms with Gasteiger partial charge in [-0.3, -0.25) is 9.59 Å². The summed E-state index contributed by atoms with van der Waals surface area (Å²) >= 11 is 0. The van der Waals surface area contributed by atoms with E-state index in [1.807, 2.05) is 0 Å². The number of carboxylic acid groups (broad SMARTS) is 1. The maximum absolute atomic E-state index is 12.7. The molecule has 0 aromatic heterocycles. The second kappa shape index (κ2) is 17.5. The van der Waals surface area contributed by atoms with Crippen molar-refractivity contribution in [1.29, 1.82) is 0 Å². The summed E-state index contributed by atoms with van der Waals surface area (Å²) in [4.78, 5) is 24.0. The van der Waals surface area contributed by atoms with Gasteiger partial charge in [-0.1, -0.05) is 91.4 Å². The molecule has 0 aliphatic heterocycles. The Morgan fingerprint density at radius 1 is 0.806 bits per heavy atom. The van der Waals surface area contributed by atoms with Crippen molar-refractivity contribution in [2.24, 2.45) is 17.8 Å². The minimum absolute atomic E-state index is 0.0142. The molecule has 1 N–H and O–H groups in total. The van der Waals surface area contributed by atoms with Gasteiger partial charge in [0.2, 0.25) is 0 Å². The number of carbonyl (C=O) groups excluding carboxylic acids is 1. The quantitative estimate of drug-likeness (QED) is 0.174. The zero-order valence-corrected chi connectivity index (χ0v) is 20.7. The minimum Gasteiger partial charge on any atom is -0.481 e. The molecular weight excluding hydrogens is 388 g/mol. The third-order valence-corrected chi connectivity index (χ3v) is 6.83. The van der Waals surface area contributed by atoms with Crippen LogP contribution in [0.3, 0.4) is 0 Å². The first kappa shape index (κ1) is 28.0. The molecule has 31 heavy (non-hydrogen) atoms. The fourth-order valence-electron chi connectivity index (χ4n) is 4.76. The molecule has 0 spiro atoms. The van der Waals surface area contributed by atoms with E-state index in [4.69, 9.17) is 4.74 Å². The topological polar surface area (TPSA) is 63.6 Å². The molecule has 1 rings (SSSR count). The summed E-state index contributed by atoms with van der Waals surface area (Å²) in [5, 5.41) is 9.28. The predicted octanol–water partition coefficient (Wildman–Crippen LogP) is 7.93. The summed E-state index contributed by atoms with van der Waals surface area (Å²) in [6.07, 6.45) is 19.9. The number of carbonyl (C=O) groups is 2. The van der Waals surface area contributed by atoms with Crippen LogP contribution in [0.25, 0.3) is 0 Å². The highest BCUT2D eigenvalue weighted by Crippen LogP contribution is 2.31. The van der Waals surface area contributed by atoms with Crippen LogP contribution in [0, 0.1) is 17.8 Å². The van der Waals surface area contributed by atoms with Crippen molar-refractivity contribution in [3.63, 3.8) is 0 Å². The highest BCUT2D eigenvalue weighted by Gasteiger charge is 2.32. The SMILES string of the molecule is CCCCCC(CCCCCCCCCCC(C)C)OC(=O)C1CCCC(C(=O)O)C1. The van der Waals surface area contributed by atoms with E-state index in [2.05, 4.69) is 20.8 Å². The summed E-state index contributed by atoms with van der Waals surface area (Å²) in [6, 6.07) is 0. The largest absolute Gasteiger partial charge is 0.481 e. The van der Waals surface area contributed by atoms with Crippen LogP contribution >= 0.6 is 0 Å². The number of rotatable bonds is 18. The van der Waals surface area contributed by atoms with E-state index >= 15 is 0 Å². The Hall–Kier alpha value is -1.06. The van der Waals surface area contributed by atoms with E-state index in [9.17, 15) is 14.7 Å². The summed E-state index contributed by atoms with van der Waals surface area (Å²) in [5.74, 6) is -0.684. The number of ether oxygens (including phenoxy) is 1. The molecular formula is C27H50O4. The van der Waals surface area contributed by atoms with E-state index in [0.29, 0.717) is 12.8 Å². The third kappa shape index (κ3) is 13.9. The molecule has 182 valence electrons. The number of esters is 1. The van der Waals surface area contributed by atoms with Crippen LogP contribution in [0.4, 0.5) is 0 Å². The van der Waals surface area contributed by atoms with Gasteiger partial charge in [0, 0.05) is 0 Å². The molecule has 0 aromatic carbocycles. The van der Waals surface area contributed by atoms with Gasteiger partial charge in [-0.25, -0.2) is 0 Å². The van der Waals surface area contributed by atoms with E-state index in [0.717, 1.165) is 44.4 Å². The number of hydrogen-bond donors (Lipinski definition) is 1. The first-order chi connectivity index (χ1) is 14.9. The van der Waals surface area contributed by atoms with Gasteiger partial charge in [0.25, 0.3) is 0 Å². The highest BCUT2D eigenvalue weighted by atomic mass is 16.5. The first-order valence-electron chi connectivity index (χ1n) is 13.4. The lowest BCUT2D eigenvalue weighted by molar-refractivity contribution is -0.158. The van der Waals surface area contributed by atoms with Crippen LogP contribution in [-0.4, -0.2) is 23.1 Å². The van der Waals surface area contributed by atoms with Gasteiger partial charge in [0.1, 0.15) is 6.10 Å². The van der Waals surface area contributed by atoms with Crippen molar-refractivity contribution < 1.29 is 19.4 Å². The van der Waals surface area contributed by atoms with Gasteiger partial charge in [-0.05, 0) is 50.9 Å². The minimum atomic E-state index is -0.767. The van der Waals surface area contributed by atoms with Crippen LogP contribution in [0.15, 0.2) is 0 Å². The summed E-state index contributed by atoms with van der Waals surface area (Å²) < 4.78 is 5.92. The lowest BCUT2D eigenvalue weighted by atomic mass is 9.81. The molecule has 4 heteroatoms. The molecule has 0 bridgehead atoms. The fraction of sp³-hybridized carbons (Fsp3) is 0.926. The van der Waals surface area contributed by atoms with Crippen molar-refractivity contribution in [3.05, 3.63) is 0 Å². The normalized spacial score (nSPS) is 20.0. The van der Waals surface area contributed by atoms with Gasteiger partial charge >= 0.3 is 11.9 Å².